The van der Waals surface area contributed by atoms with E-state index in [1.165, 1.54) is 0 Å². The van der Waals surface area contributed by atoms with Gasteiger partial charge in [0.15, 0.2) is 0 Å². The molecule has 0 bridgehead atoms. The third-order valence-electron chi connectivity index (χ3n) is 4.57. The second-order valence-corrected chi connectivity index (χ2v) is 6.87. The number of hydrogen-bond acceptors (Lipinski definition) is 4. The van der Waals surface area contributed by atoms with Crippen LogP contribution < -0.4 is 10.1 Å². The Kier molecular flexibility index (Phi) is 6.40. The number of para-hydroxylation sites is 1. The van der Waals surface area contributed by atoms with Gasteiger partial charge < -0.3 is 10.1 Å². The smallest absolute Gasteiger partial charge is 0.238 e. The molecule has 0 aliphatic rings. The second kappa shape index (κ2) is 9.15. The van der Waals surface area contributed by atoms with Gasteiger partial charge in [0.2, 0.25) is 5.91 Å². The maximum absolute atomic E-state index is 12.5. The SMILES string of the molecule is Cc1cccc(NC(=O)CN(C)Cc2ccccc2Oc2cccnc2)c1C. The van der Waals surface area contributed by atoms with E-state index in [2.05, 4.69) is 10.3 Å². The summed E-state index contributed by atoms with van der Waals surface area (Å²) >= 11 is 0. The predicted molar refractivity (Wildman–Crippen MR) is 112 cm³/mol. The van der Waals surface area contributed by atoms with Gasteiger partial charge in [-0.1, -0.05) is 30.3 Å². The fourth-order valence-electron chi connectivity index (χ4n) is 2.94. The number of hydrogen-bond donors (Lipinski definition) is 1. The fraction of sp³-hybridized carbons (Fsp3) is 0.217. The van der Waals surface area contributed by atoms with Gasteiger partial charge >= 0.3 is 0 Å². The minimum absolute atomic E-state index is 0.0399. The summed E-state index contributed by atoms with van der Waals surface area (Å²) in [6.45, 7) is 4.93. The van der Waals surface area contributed by atoms with Crippen molar-refractivity contribution in [3.05, 3.63) is 83.7 Å². The molecule has 5 nitrogen and oxygen atoms in total. The van der Waals surface area contributed by atoms with Crippen molar-refractivity contribution in [3.63, 3.8) is 0 Å². The molecule has 2 aromatic carbocycles. The third-order valence-corrected chi connectivity index (χ3v) is 4.57. The summed E-state index contributed by atoms with van der Waals surface area (Å²) < 4.78 is 5.95. The van der Waals surface area contributed by atoms with Crippen molar-refractivity contribution < 1.29 is 9.53 Å². The van der Waals surface area contributed by atoms with Crippen molar-refractivity contribution in [1.29, 1.82) is 0 Å². The molecular formula is C23H25N3O2. The van der Waals surface area contributed by atoms with Crippen LogP contribution in [0.25, 0.3) is 0 Å². The van der Waals surface area contributed by atoms with Crippen LogP contribution in [0.3, 0.4) is 0 Å². The lowest BCUT2D eigenvalue weighted by Gasteiger charge is -2.19. The zero-order chi connectivity index (χ0) is 19.9. The molecule has 3 aromatic rings. The van der Waals surface area contributed by atoms with Crippen LogP contribution in [0, 0.1) is 13.8 Å². The Morgan fingerprint density at radius 3 is 2.68 bits per heavy atom. The van der Waals surface area contributed by atoms with Gasteiger partial charge in [-0.25, -0.2) is 0 Å². The molecule has 0 saturated carbocycles. The van der Waals surface area contributed by atoms with E-state index in [9.17, 15) is 4.79 Å². The minimum Gasteiger partial charge on any atom is -0.455 e. The van der Waals surface area contributed by atoms with Gasteiger partial charge in [0.1, 0.15) is 11.5 Å². The Balaban J connectivity index is 1.62. The number of aryl methyl sites for hydroxylation is 1. The van der Waals surface area contributed by atoms with Crippen molar-refractivity contribution in [3.8, 4) is 11.5 Å². The molecule has 0 atom stereocenters. The summed E-state index contributed by atoms with van der Waals surface area (Å²) in [5.74, 6) is 1.41. The molecule has 0 spiro atoms. The summed E-state index contributed by atoms with van der Waals surface area (Å²) in [4.78, 5) is 18.5. The maximum Gasteiger partial charge on any atom is 0.238 e. The van der Waals surface area contributed by atoms with Crippen LogP contribution in [0.15, 0.2) is 67.0 Å². The maximum atomic E-state index is 12.5. The van der Waals surface area contributed by atoms with Crippen LogP contribution in [0.5, 0.6) is 11.5 Å². The monoisotopic (exact) mass is 375 g/mol. The molecular weight excluding hydrogens is 350 g/mol. The van der Waals surface area contributed by atoms with Gasteiger partial charge in [-0.15, -0.1) is 0 Å². The first-order valence-electron chi connectivity index (χ1n) is 9.23. The van der Waals surface area contributed by atoms with Gasteiger partial charge in [0, 0.05) is 24.0 Å². The van der Waals surface area contributed by atoms with Crippen LogP contribution >= 0.6 is 0 Å². The normalized spacial score (nSPS) is 10.7. The predicted octanol–water partition coefficient (Wildman–Crippen LogP) is 4.56. The Hall–Kier alpha value is -3.18. The summed E-state index contributed by atoms with van der Waals surface area (Å²) in [6.07, 6.45) is 3.39. The molecule has 5 heteroatoms. The zero-order valence-corrected chi connectivity index (χ0v) is 16.5. The van der Waals surface area contributed by atoms with Gasteiger partial charge in [-0.3, -0.25) is 14.7 Å². The average Bonchev–Trinajstić information content (AvgIpc) is 2.68. The van der Waals surface area contributed by atoms with Crippen LogP contribution in [0.2, 0.25) is 0 Å². The highest BCUT2D eigenvalue weighted by atomic mass is 16.5. The quantitative estimate of drug-likeness (QED) is 0.658. The first-order valence-corrected chi connectivity index (χ1v) is 9.23. The van der Waals surface area contributed by atoms with E-state index in [0.29, 0.717) is 12.3 Å². The lowest BCUT2D eigenvalue weighted by molar-refractivity contribution is -0.117. The molecule has 0 aliphatic heterocycles. The highest BCUT2D eigenvalue weighted by Gasteiger charge is 2.12. The molecule has 28 heavy (non-hydrogen) atoms. The molecule has 0 aliphatic carbocycles. The van der Waals surface area contributed by atoms with Crippen molar-refractivity contribution in [1.82, 2.24) is 9.88 Å². The average molecular weight is 375 g/mol. The molecule has 3 rings (SSSR count). The summed E-state index contributed by atoms with van der Waals surface area (Å²) in [6, 6.07) is 17.4. The summed E-state index contributed by atoms with van der Waals surface area (Å²) in [7, 11) is 1.92. The van der Waals surface area contributed by atoms with Gasteiger partial charge in [-0.05, 0) is 56.3 Å². The van der Waals surface area contributed by atoms with Gasteiger partial charge in [0.25, 0.3) is 0 Å². The van der Waals surface area contributed by atoms with Gasteiger partial charge in [-0.2, -0.15) is 0 Å². The van der Waals surface area contributed by atoms with Crippen LogP contribution in [0.1, 0.15) is 16.7 Å². The summed E-state index contributed by atoms with van der Waals surface area (Å²) in [5.41, 5.74) is 4.12. The molecule has 1 aromatic heterocycles. The van der Waals surface area contributed by atoms with Crippen molar-refractivity contribution in [2.45, 2.75) is 20.4 Å². The Morgan fingerprint density at radius 2 is 1.89 bits per heavy atom. The molecule has 1 N–H and O–H groups in total. The fourth-order valence-corrected chi connectivity index (χ4v) is 2.94. The van der Waals surface area contributed by atoms with Crippen LogP contribution in [0.4, 0.5) is 5.69 Å². The number of amides is 1. The minimum atomic E-state index is -0.0399. The Labute approximate surface area is 166 Å². The number of ether oxygens (including phenoxy) is 1. The number of carbonyl (C=O) groups is 1. The number of anilines is 1. The molecule has 144 valence electrons. The number of pyridine rings is 1. The third kappa shape index (κ3) is 5.18. The van der Waals surface area contributed by atoms with Crippen molar-refractivity contribution in [2.75, 3.05) is 18.9 Å². The van der Waals surface area contributed by atoms with E-state index in [4.69, 9.17) is 4.74 Å². The molecule has 1 heterocycles. The highest BCUT2D eigenvalue weighted by Crippen LogP contribution is 2.25. The van der Waals surface area contributed by atoms with E-state index in [1.807, 2.05) is 80.4 Å². The largest absolute Gasteiger partial charge is 0.455 e. The Morgan fingerprint density at radius 1 is 1.07 bits per heavy atom. The zero-order valence-electron chi connectivity index (χ0n) is 16.5. The summed E-state index contributed by atoms with van der Waals surface area (Å²) in [5, 5.41) is 3.00. The topological polar surface area (TPSA) is 54.5 Å². The van der Waals surface area contributed by atoms with E-state index in [1.54, 1.807) is 12.4 Å². The molecule has 0 radical (unpaired) electrons. The van der Waals surface area contributed by atoms with Crippen LogP contribution in [-0.2, 0) is 11.3 Å². The van der Waals surface area contributed by atoms with Gasteiger partial charge in [0.05, 0.1) is 12.7 Å². The first kappa shape index (κ1) is 19.6. The highest BCUT2D eigenvalue weighted by molar-refractivity contribution is 5.93. The first-order chi connectivity index (χ1) is 13.5. The number of carbonyl (C=O) groups excluding carboxylic acids is 1. The second-order valence-electron chi connectivity index (χ2n) is 6.87. The number of aromatic nitrogens is 1. The number of nitrogens with zero attached hydrogens (tertiary/aromatic N) is 2. The number of rotatable bonds is 7. The molecule has 0 fully saturated rings. The standard InChI is InChI=1S/C23H25N3O2/c1-17-8-6-11-21(18(17)2)25-23(27)16-26(3)15-19-9-4-5-12-22(19)28-20-10-7-13-24-14-20/h4-14H,15-16H2,1-3H3,(H,25,27). The van der Waals surface area contributed by atoms with Crippen molar-refractivity contribution in [2.24, 2.45) is 0 Å². The van der Waals surface area contributed by atoms with Crippen molar-refractivity contribution >= 4 is 11.6 Å². The molecule has 1 amide bonds. The number of benzene rings is 2. The Bertz CT molecular complexity index is 942. The van der Waals surface area contributed by atoms with E-state index < -0.39 is 0 Å². The molecule has 0 saturated heterocycles. The van der Waals surface area contributed by atoms with Crippen LogP contribution in [-0.4, -0.2) is 29.4 Å². The van der Waals surface area contributed by atoms with E-state index in [-0.39, 0.29) is 12.5 Å². The number of nitrogens with one attached hydrogen (secondary N) is 1. The van der Waals surface area contributed by atoms with E-state index in [0.717, 1.165) is 28.1 Å². The van der Waals surface area contributed by atoms with E-state index >= 15 is 0 Å². The number of likely N-dealkylation sites (N-methyl/N-ethyl adjacent to an activating group) is 1. The lowest BCUT2D eigenvalue weighted by Crippen LogP contribution is -2.30. The molecule has 0 unspecified atom stereocenters. The lowest BCUT2D eigenvalue weighted by atomic mass is 10.1.